The van der Waals surface area contributed by atoms with Gasteiger partial charge in [0.15, 0.2) is 17.5 Å². The van der Waals surface area contributed by atoms with Crippen LogP contribution in [0.15, 0.2) is 158 Å². The summed E-state index contributed by atoms with van der Waals surface area (Å²) in [7, 11) is 0. The van der Waals surface area contributed by atoms with E-state index in [2.05, 4.69) is 91.0 Å². The van der Waals surface area contributed by atoms with Crippen molar-refractivity contribution in [2.24, 2.45) is 0 Å². The van der Waals surface area contributed by atoms with E-state index in [1.54, 1.807) is 11.3 Å². The van der Waals surface area contributed by atoms with Gasteiger partial charge in [-0.05, 0) is 62.7 Å². The summed E-state index contributed by atoms with van der Waals surface area (Å²) in [6.45, 7) is 0. The third-order valence-corrected chi connectivity index (χ3v) is 11.9. The van der Waals surface area contributed by atoms with Gasteiger partial charge >= 0.3 is 0 Å². The van der Waals surface area contributed by atoms with Gasteiger partial charge in [-0.2, -0.15) is 5.26 Å². The molecule has 240 valence electrons. The summed E-state index contributed by atoms with van der Waals surface area (Å²) in [5.74, 6) is 1.92. The van der Waals surface area contributed by atoms with Gasteiger partial charge in [0.05, 0.1) is 17.0 Å². The van der Waals surface area contributed by atoms with Crippen molar-refractivity contribution in [2.75, 3.05) is 0 Å². The van der Waals surface area contributed by atoms with Crippen LogP contribution in [-0.4, -0.2) is 15.0 Å². The SMILES string of the molecule is N#Cc1cccc2sc3ccc4c(c3c12)-c1ccccc1C41c2ccccc2-c2c(-c3nc(-c4ccccc4)nc(-c4ccccc4)n3)cccc21. The molecule has 2 heterocycles. The van der Waals surface area contributed by atoms with Crippen LogP contribution in [0.5, 0.6) is 0 Å². The zero-order chi connectivity index (χ0) is 34.4. The number of thiophene rings is 1. The van der Waals surface area contributed by atoms with E-state index in [9.17, 15) is 5.26 Å². The van der Waals surface area contributed by atoms with Gasteiger partial charge in [0.1, 0.15) is 0 Å². The van der Waals surface area contributed by atoms with E-state index in [-0.39, 0.29) is 0 Å². The van der Waals surface area contributed by atoms with E-state index >= 15 is 0 Å². The fourth-order valence-electron chi connectivity index (χ4n) is 8.79. The molecule has 7 aromatic carbocycles. The molecule has 2 aromatic heterocycles. The van der Waals surface area contributed by atoms with Crippen LogP contribution >= 0.6 is 11.3 Å². The first-order valence-corrected chi connectivity index (χ1v) is 18.2. The molecule has 11 rings (SSSR count). The van der Waals surface area contributed by atoms with Crippen LogP contribution < -0.4 is 0 Å². The third-order valence-electron chi connectivity index (χ3n) is 10.8. The largest absolute Gasteiger partial charge is 0.208 e. The van der Waals surface area contributed by atoms with Crippen molar-refractivity contribution in [1.29, 1.82) is 5.26 Å². The highest BCUT2D eigenvalue weighted by molar-refractivity contribution is 7.26. The summed E-state index contributed by atoms with van der Waals surface area (Å²) in [5, 5.41) is 12.5. The van der Waals surface area contributed by atoms with Gasteiger partial charge in [-0.1, -0.05) is 140 Å². The van der Waals surface area contributed by atoms with E-state index in [1.165, 1.54) is 49.0 Å². The van der Waals surface area contributed by atoms with Crippen LogP contribution in [0.2, 0.25) is 0 Å². The lowest BCUT2D eigenvalue weighted by Gasteiger charge is -2.30. The highest BCUT2D eigenvalue weighted by atomic mass is 32.1. The predicted molar refractivity (Wildman–Crippen MR) is 210 cm³/mol. The minimum absolute atomic E-state index is 0.574. The van der Waals surface area contributed by atoms with Crippen LogP contribution in [0.25, 0.3) is 76.6 Å². The fraction of sp³-hybridized carbons (Fsp3) is 0.0213. The standard InChI is InChI=1S/C47H26N4S/c48-27-30-17-11-24-38-40(30)43-39(52-38)26-25-37-42(43)32-19-8-10-22-35(32)47(37)34-21-9-7-18-31(34)41-33(20-12-23-36(41)47)46-50-44(28-13-3-1-4-14-28)49-45(51-46)29-15-5-2-6-16-29/h1-26H. The minimum Gasteiger partial charge on any atom is -0.208 e. The van der Waals surface area contributed by atoms with Gasteiger partial charge < -0.3 is 0 Å². The van der Waals surface area contributed by atoms with Crippen LogP contribution in [0.4, 0.5) is 0 Å². The summed E-state index contributed by atoms with van der Waals surface area (Å²) in [6.07, 6.45) is 0. The lowest BCUT2D eigenvalue weighted by atomic mass is 9.70. The first-order valence-electron chi connectivity index (χ1n) is 17.3. The molecule has 0 fully saturated rings. The van der Waals surface area contributed by atoms with Gasteiger partial charge in [0, 0.05) is 36.9 Å². The Hall–Kier alpha value is -6.74. The molecule has 1 atom stereocenters. The molecule has 0 bridgehead atoms. The molecule has 0 saturated carbocycles. The first kappa shape index (κ1) is 29.0. The molecule has 0 N–H and O–H groups in total. The molecule has 0 radical (unpaired) electrons. The molecular weight excluding hydrogens is 653 g/mol. The van der Waals surface area contributed by atoms with E-state index in [0.29, 0.717) is 23.0 Å². The lowest BCUT2D eigenvalue weighted by Crippen LogP contribution is -2.25. The Kier molecular flexibility index (Phi) is 6.07. The predicted octanol–water partition coefficient (Wildman–Crippen LogP) is 11.5. The highest BCUT2D eigenvalue weighted by Gasteiger charge is 2.52. The average molecular weight is 679 g/mol. The molecule has 9 aromatic rings. The molecule has 5 heteroatoms. The van der Waals surface area contributed by atoms with Crippen molar-refractivity contribution >= 4 is 31.5 Å². The quantitative estimate of drug-likeness (QED) is 0.187. The van der Waals surface area contributed by atoms with Crippen molar-refractivity contribution in [1.82, 2.24) is 15.0 Å². The second kappa shape index (κ2) is 10.9. The summed E-state index contributed by atoms with van der Waals surface area (Å²) in [4.78, 5) is 15.4. The fourth-order valence-corrected chi connectivity index (χ4v) is 9.93. The number of benzene rings is 7. The minimum atomic E-state index is -0.574. The number of aromatic nitrogens is 3. The van der Waals surface area contributed by atoms with Crippen LogP contribution in [-0.2, 0) is 5.41 Å². The topological polar surface area (TPSA) is 62.5 Å². The van der Waals surface area contributed by atoms with Crippen LogP contribution in [0.3, 0.4) is 0 Å². The normalized spacial score (nSPS) is 15.0. The number of nitriles is 1. The zero-order valence-corrected chi connectivity index (χ0v) is 28.5. The summed E-state index contributed by atoms with van der Waals surface area (Å²) >= 11 is 1.76. The van der Waals surface area contributed by atoms with Crippen LogP contribution in [0, 0.1) is 11.3 Å². The zero-order valence-electron chi connectivity index (χ0n) is 27.7. The molecule has 4 nitrogen and oxygen atoms in total. The maximum atomic E-state index is 10.3. The monoisotopic (exact) mass is 678 g/mol. The average Bonchev–Trinajstić information content (AvgIpc) is 3.85. The number of nitrogens with zero attached hydrogens (tertiary/aromatic N) is 4. The highest BCUT2D eigenvalue weighted by Crippen LogP contribution is 2.65. The summed E-state index contributed by atoms with van der Waals surface area (Å²) in [5.41, 5.74) is 12.7. The van der Waals surface area contributed by atoms with E-state index in [0.717, 1.165) is 32.3 Å². The molecule has 0 amide bonds. The molecule has 0 aliphatic heterocycles. The molecule has 2 aliphatic rings. The maximum Gasteiger partial charge on any atom is 0.164 e. The molecule has 0 saturated heterocycles. The Morgan fingerprint density at radius 1 is 0.423 bits per heavy atom. The third kappa shape index (κ3) is 3.82. The van der Waals surface area contributed by atoms with Crippen molar-refractivity contribution < 1.29 is 0 Å². The molecule has 1 unspecified atom stereocenters. The maximum absolute atomic E-state index is 10.3. The van der Waals surface area contributed by atoms with Gasteiger partial charge in [0.2, 0.25) is 0 Å². The number of fused-ring (bicyclic) bond motifs is 14. The second-order valence-corrected chi connectivity index (χ2v) is 14.4. The summed E-state index contributed by atoms with van der Waals surface area (Å²) < 4.78 is 2.32. The molecular formula is C47H26N4S. The Bertz CT molecular complexity index is 2920. The van der Waals surface area contributed by atoms with Gasteiger partial charge in [-0.15, -0.1) is 11.3 Å². The van der Waals surface area contributed by atoms with E-state index < -0.39 is 5.41 Å². The summed E-state index contributed by atoms with van der Waals surface area (Å²) in [6, 6.07) is 57.7. The number of rotatable bonds is 3. The van der Waals surface area contributed by atoms with Crippen molar-refractivity contribution in [2.45, 2.75) is 5.41 Å². The number of hydrogen-bond acceptors (Lipinski definition) is 5. The molecule has 2 aliphatic carbocycles. The van der Waals surface area contributed by atoms with Crippen molar-refractivity contribution in [3.05, 3.63) is 186 Å². The Balaban J connectivity index is 1.25. The molecule has 1 spiro atoms. The van der Waals surface area contributed by atoms with Gasteiger partial charge in [-0.25, -0.2) is 15.0 Å². The van der Waals surface area contributed by atoms with Gasteiger partial charge in [0.25, 0.3) is 0 Å². The van der Waals surface area contributed by atoms with Gasteiger partial charge in [-0.3, -0.25) is 0 Å². The molecule has 52 heavy (non-hydrogen) atoms. The smallest absolute Gasteiger partial charge is 0.164 e. The Morgan fingerprint density at radius 3 is 1.62 bits per heavy atom. The lowest BCUT2D eigenvalue weighted by molar-refractivity contribution is 0.794. The number of hydrogen-bond donors (Lipinski definition) is 0. The Labute approximate surface area is 304 Å². The second-order valence-electron chi connectivity index (χ2n) is 13.4. The van der Waals surface area contributed by atoms with E-state index in [1.807, 2.05) is 72.8 Å². The van der Waals surface area contributed by atoms with Crippen molar-refractivity contribution in [3.63, 3.8) is 0 Å². The first-order chi connectivity index (χ1) is 25.8. The van der Waals surface area contributed by atoms with Crippen molar-refractivity contribution in [3.8, 4) is 62.5 Å². The van der Waals surface area contributed by atoms with E-state index in [4.69, 9.17) is 15.0 Å². The Morgan fingerprint density at radius 2 is 0.942 bits per heavy atom. The van der Waals surface area contributed by atoms with Crippen LogP contribution in [0.1, 0.15) is 27.8 Å².